The molecule has 0 saturated heterocycles. The number of rotatable bonds is 3. The van der Waals surface area contributed by atoms with E-state index >= 15 is 0 Å². The van der Waals surface area contributed by atoms with E-state index < -0.39 is 5.95 Å². The van der Waals surface area contributed by atoms with Crippen molar-refractivity contribution in [2.75, 3.05) is 11.9 Å². The third-order valence-electron chi connectivity index (χ3n) is 1.48. The van der Waals surface area contributed by atoms with Crippen LogP contribution in [0, 0.1) is 17.8 Å². The minimum Gasteiger partial charge on any atom is -0.384 e. The summed E-state index contributed by atoms with van der Waals surface area (Å²) in [5, 5.41) is 3.04. The Hall–Kier alpha value is -1.56. The van der Waals surface area contributed by atoms with E-state index in [4.69, 9.17) is 0 Å². The van der Waals surface area contributed by atoms with Crippen molar-refractivity contribution >= 4 is 5.69 Å². The van der Waals surface area contributed by atoms with Gasteiger partial charge in [0.1, 0.15) is 0 Å². The molecule has 0 bridgehead atoms. The Kier molecular flexibility index (Phi) is 3.77. The Labute approximate surface area is 77.2 Å². The van der Waals surface area contributed by atoms with Gasteiger partial charge in [-0.05, 0) is 13.0 Å². The van der Waals surface area contributed by atoms with Gasteiger partial charge in [-0.15, -0.1) is 11.8 Å². The Morgan fingerprint density at radius 1 is 1.62 bits per heavy atom. The summed E-state index contributed by atoms with van der Waals surface area (Å²) in [6.07, 6.45) is 2.20. The number of hydrogen-bond acceptors (Lipinski definition) is 2. The van der Waals surface area contributed by atoms with Crippen LogP contribution in [-0.4, -0.2) is 11.5 Å². The largest absolute Gasteiger partial charge is 0.384 e. The van der Waals surface area contributed by atoms with Gasteiger partial charge in [0.2, 0.25) is 5.95 Å². The fraction of sp³-hybridized carbons (Fsp3) is 0.300. The first kappa shape index (κ1) is 9.53. The second-order valence-electron chi connectivity index (χ2n) is 2.47. The number of nitrogens with one attached hydrogen (secondary N) is 1. The maximum absolute atomic E-state index is 12.6. The van der Waals surface area contributed by atoms with Gasteiger partial charge in [-0.25, -0.2) is 4.98 Å². The summed E-state index contributed by atoms with van der Waals surface area (Å²) in [5.74, 6) is 5.23. The molecule has 0 spiro atoms. The van der Waals surface area contributed by atoms with Crippen molar-refractivity contribution in [1.82, 2.24) is 4.98 Å². The van der Waals surface area contributed by atoms with Crippen molar-refractivity contribution < 1.29 is 4.39 Å². The minimum atomic E-state index is -0.466. The van der Waals surface area contributed by atoms with Crippen molar-refractivity contribution in [2.24, 2.45) is 0 Å². The molecule has 68 valence electrons. The van der Waals surface area contributed by atoms with Gasteiger partial charge in [0.05, 0.1) is 0 Å². The van der Waals surface area contributed by atoms with Crippen molar-refractivity contribution in [3.63, 3.8) is 0 Å². The average Bonchev–Trinajstić information content (AvgIpc) is 2.13. The van der Waals surface area contributed by atoms with Crippen LogP contribution in [0.2, 0.25) is 0 Å². The lowest BCUT2D eigenvalue weighted by Crippen LogP contribution is -2.00. The minimum absolute atomic E-state index is 0.466. The molecule has 0 amide bonds. The molecule has 1 heterocycles. The molecule has 0 aliphatic heterocycles. The van der Waals surface area contributed by atoms with E-state index in [2.05, 4.69) is 22.1 Å². The third-order valence-corrected chi connectivity index (χ3v) is 1.48. The molecular formula is C10H11FN2. The number of anilines is 1. The Bertz CT molecular complexity index is 325. The maximum atomic E-state index is 12.6. The summed E-state index contributed by atoms with van der Waals surface area (Å²) in [6, 6.07) is 3.09. The van der Waals surface area contributed by atoms with Gasteiger partial charge in [-0.2, -0.15) is 4.39 Å². The van der Waals surface area contributed by atoms with E-state index in [0.717, 1.165) is 18.7 Å². The van der Waals surface area contributed by atoms with Crippen LogP contribution >= 0.6 is 0 Å². The summed E-state index contributed by atoms with van der Waals surface area (Å²) < 4.78 is 12.6. The number of halogens is 1. The highest BCUT2D eigenvalue weighted by Gasteiger charge is 1.93. The molecule has 3 heteroatoms. The van der Waals surface area contributed by atoms with Gasteiger partial charge < -0.3 is 5.32 Å². The van der Waals surface area contributed by atoms with Crippen LogP contribution in [0.4, 0.5) is 10.1 Å². The van der Waals surface area contributed by atoms with Crippen LogP contribution in [0.1, 0.15) is 13.3 Å². The highest BCUT2D eigenvalue weighted by atomic mass is 19.1. The van der Waals surface area contributed by atoms with Crippen molar-refractivity contribution in [3.8, 4) is 11.8 Å². The van der Waals surface area contributed by atoms with Crippen LogP contribution in [0.25, 0.3) is 0 Å². The molecule has 0 radical (unpaired) electrons. The third kappa shape index (κ3) is 3.57. The zero-order valence-corrected chi connectivity index (χ0v) is 7.47. The molecule has 1 N–H and O–H groups in total. The SMILES string of the molecule is CC#CCCNc1ccnc(F)c1. The normalized spacial score (nSPS) is 8.77. The second-order valence-corrected chi connectivity index (χ2v) is 2.47. The van der Waals surface area contributed by atoms with Gasteiger partial charge in [-0.3, -0.25) is 0 Å². The van der Waals surface area contributed by atoms with Gasteiger partial charge in [0.25, 0.3) is 0 Å². The summed E-state index contributed by atoms with van der Waals surface area (Å²) in [4.78, 5) is 3.45. The topological polar surface area (TPSA) is 24.9 Å². The molecule has 0 atom stereocenters. The Morgan fingerprint density at radius 2 is 2.46 bits per heavy atom. The lowest BCUT2D eigenvalue weighted by atomic mass is 10.3. The fourth-order valence-electron chi connectivity index (χ4n) is 0.907. The van der Waals surface area contributed by atoms with Crippen LogP contribution in [-0.2, 0) is 0 Å². The summed E-state index contributed by atoms with van der Waals surface area (Å²) in [5.41, 5.74) is 0.741. The number of hydrogen-bond donors (Lipinski definition) is 1. The maximum Gasteiger partial charge on any atom is 0.214 e. The molecule has 0 aliphatic carbocycles. The lowest BCUT2D eigenvalue weighted by Gasteiger charge is -2.02. The summed E-state index contributed by atoms with van der Waals surface area (Å²) in [7, 11) is 0. The van der Waals surface area contributed by atoms with Crippen molar-refractivity contribution in [3.05, 3.63) is 24.3 Å². The summed E-state index contributed by atoms with van der Waals surface area (Å²) >= 11 is 0. The molecule has 1 rings (SSSR count). The number of pyridine rings is 1. The molecule has 1 aromatic rings. The molecular weight excluding hydrogens is 167 g/mol. The van der Waals surface area contributed by atoms with Crippen molar-refractivity contribution in [2.45, 2.75) is 13.3 Å². The van der Waals surface area contributed by atoms with Crippen LogP contribution in [0.15, 0.2) is 18.3 Å². The molecule has 0 aliphatic rings. The zero-order chi connectivity index (χ0) is 9.52. The zero-order valence-electron chi connectivity index (χ0n) is 7.47. The average molecular weight is 178 g/mol. The Balaban J connectivity index is 2.39. The first-order chi connectivity index (χ1) is 6.33. The monoisotopic (exact) mass is 178 g/mol. The smallest absolute Gasteiger partial charge is 0.214 e. The van der Waals surface area contributed by atoms with E-state index in [1.807, 2.05) is 0 Å². The van der Waals surface area contributed by atoms with Crippen molar-refractivity contribution in [1.29, 1.82) is 0 Å². The van der Waals surface area contributed by atoms with Gasteiger partial charge in [0.15, 0.2) is 0 Å². The van der Waals surface area contributed by atoms with E-state index in [-0.39, 0.29) is 0 Å². The molecule has 2 nitrogen and oxygen atoms in total. The molecule has 0 saturated carbocycles. The van der Waals surface area contributed by atoms with Gasteiger partial charge in [0, 0.05) is 30.9 Å². The number of aromatic nitrogens is 1. The van der Waals surface area contributed by atoms with Crippen LogP contribution in [0.5, 0.6) is 0 Å². The standard InChI is InChI=1S/C10H11FN2/c1-2-3-4-6-12-9-5-7-13-10(11)8-9/h5,7-8H,4,6H2,1H3,(H,12,13). The fourth-order valence-corrected chi connectivity index (χ4v) is 0.907. The first-order valence-electron chi connectivity index (χ1n) is 4.08. The van der Waals surface area contributed by atoms with E-state index in [1.54, 1.807) is 13.0 Å². The molecule has 1 aromatic heterocycles. The van der Waals surface area contributed by atoms with Crippen LogP contribution in [0.3, 0.4) is 0 Å². The first-order valence-corrected chi connectivity index (χ1v) is 4.08. The van der Waals surface area contributed by atoms with Crippen LogP contribution < -0.4 is 5.32 Å². The second kappa shape index (κ2) is 5.15. The summed E-state index contributed by atoms with van der Waals surface area (Å²) in [6.45, 7) is 2.52. The predicted octanol–water partition coefficient (Wildman–Crippen LogP) is 2.05. The van der Waals surface area contributed by atoms with Gasteiger partial charge in [-0.1, -0.05) is 0 Å². The molecule has 13 heavy (non-hydrogen) atoms. The lowest BCUT2D eigenvalue weighted by molar-refractivity contribution is 0.584. The Morgan fingerprint density at radius 3 is 3.15 bits per heavy atom. The quantitative estimate of drug-likeness (QED) is 0.435. The van der Waals surface area contributed by atoms with Gasteiger partial charge >= 0.3 is 0 Å². The van der Waals surface area contributed by atoms with E-state index in [1.165, 1.54) is 12.3 Å². The molecule has 0 fully saturated rings. The highest BCUT2D eigenvalue weighted by Crippen LogP contribution is 2.05. The predicted molar refractivity (Wildman–Crippen MR) is 50.8 cm³/mol. The molecule has 0 unspecified atom stereocenters. The molecule has 0 aromatic carbocycles. The van der Waals surface area contributed by atoms with E-state index in [9.17, 15) is 4.39 Å². The number of nitrogens with zero attached hydrogens (tertiary/aromatic N) is 1. The van der Waals surface area contributed by atoms with E-state index in [0.29, 0.717) is 0 Å². The highest BCUT2D eigenvalue weighted by molar-refractivity contribution is 5.41.